The van der Waals surface area contributed by atoms with Gasteiger partial charge in [0.05, 0.1) is 5.41 Å². The van der Waals surface area contributed by atoms with E-state index >= 15 is 0 Å². The quantitative estimate of drug-likeness (QED) is 0.388. The Morgan fingerprint density at radius 3 is 1.81 bits per heavy atom. The van der Waals surface area contributed by atoms with Gasteiger partial charge in [-0.05, 0) is 53.6 Å². The van der Waals surface area contributed by atoms with E-state index in [0.29, 0.717) is 11.3 Å². The number of rotatable bonds is 9. The van der Waals surface area contributed by atoms with Crippen LogP contribution >= 0.6 is 0 Å². The summed E-state index contributed by atoms with van der Waals surface area (Å²) in [5, 5.41) is 0. The fourth-order valence-electron chi connectivity index (χ4n) is 5.38. The number of hydrogen-bond acceptors (Lipinski definition) is 1. The molecule has 0 fully saturated rings. The van der Waals surface area contributed by atoms with Crippen molar-refractivity contribution in [2.24, 2.45) is 21.7 Å². The van der Waals surface area contributed by atoms with E-state index in [9.17, 15) is 0 Å². The van der Waals surface area contributed by atoms with Crippen LogP contribution in [0, 0.1) is 16.7 Å². The van der Waals surface area contributed by atoms with Gasteiger partial charge in [0.1, 0.15) is 0 Å². The van der Waals surface area contributed by atoms with Gasteiger partial charge in [0, 0.05) is 12.3 Å². The SMILES string of the molecule is CCC1CN=C(C(CC(C)(C)CCCC(C)(C)C)(c2ccccc2)c2ccccc2)C1. The van der Waals surface area contributed by atoms with E-state index in [0.717, 1.165) is 19.4 Å². The van der Waals surface area contributed by atoms with Crippen LogP contribution in [-0.4, -0.2) is 12.3 Å². The minimum absolute atomic E-state index is 0.141. The molecule has 0 N–H and O–H groups in total. The van der Waals surface area contributed by atoms with Crippen LogP contribution in [0.1, 0.15) is 91.2 Å². The highest BCUT2D eigenvalue weighted by Crippen LogP contribution is 2.48. The van der Waals surface area contributed by atoms with Crippen LogP contribution in [0.15, 0.2) is 65.7 Å². The third-order valence-corrected chi connectivity index (χ3v) is 7.15. The molecule has 1 heteroatoms. The second-order valence-corrected chi connectivity index (χ2v) is 11.7. The predicted molar refractivity (Wildman–Crippen MR) is 136 cm³/mol. The van der Waals surface area contributed by atoms with Gasteiger partial charge < -0.3 is 0 Å². The summed E-state index contributed by atoms with van der Waals surface area (Å²) in [4.78, 5) is 5.23. The number of aliphatic imine (C=N–C) groups is 1. The van der Waals surface area contributed by atoms with Crippen molar-refractivity contribution in [3.8, 4) is 0 Å². The van der Waals surface area contributed by atoms with Gasteiger partial charge in [0.2, 0.25) is 0 Å². The highest BCUT2D eigenvalue weighted by atomic mass is 14.8. The van der Waals surface area contributed by atoms with Crippen LogP contribution in [0.25, 0.3) is 0 Å². The van der Waals surface area contributed by atoms with Crippen LogP contribution in [0.2, 0.25) is 0 Å². The lowest BCUT2D eigenvalue weighted by atomic mass is 9.61. The van der Waals surface area contributed by atoms with Crippen molar-refractivity contribution >= 4 is 5.71 Å². The molecule has 0 saturated carbocycles. The molecule has 2 aromatic rings. The first kappa shape index (κ1) is 23.8. The van der Waals surface area contributed by atoms with Gasteiger partial charge in [0.25, 0.3) is 0 Å². The Hall–Kier alpha value is -1.89. The highest BCUT2D eigenvalue weighted by molar-refractivity contribution is 5.99. The molecule has 1 unspecified atom stereocenters. The lowest BCUT2D eigenvalue weighted by Gasteiger charge is -2.42. The highest BCUT2D eigenvalue weighted by Gasteiger charge is 2.45. The van der Waals surface area contributed by atoms with E-state index < -0.39 is 0 Å². The normalized spacial score (nSPS) is 17.6. The molecule has 0 spiro atoms. The lowest BCUT2D eigenvalue weighted by molar-refractivity contribution is 0.242. The molecule has 0 amide bonds. The molecule has 1 aliphatic heterocycles. The molecule has 168 valence electrons. The van der Waals surface area contributed by atoms with E-state index in [1.807, 2.05) is 0 Å². The molecule has 1 heterocycles. The summed E-state index contributed by atoms with van der Waals surface area (Å²) < 4.78 is 0. The maximum atomic E-state index is 5.23. The molecule has 3 rings (SSSR count). The predicted octanol–water partition coefficient (Wildman–Crippen LogP) is 8.48. The number of nitrogens with zero attached hydrogens (tertiary/aromatic N) is 1. The Labute approximate surface area is 191 Å². The first-order valence-corrected chi connectivity index (χ1v) is 12.3. The fraction of sp³-hybridized carbons (Fsp3) is 0.567. The van der Waals surface area contributed by atoms with Gasteiger partial charge in [0.15, 0.2) is 0 Å². The molecule has 0 aromatic heterocycles. The average molecular weight is 418 g/mol. The summed E-state index contributed by atoms with van der Waals surface area (Å²) in [6.45, 7) is 15.3. The summed E-state index contributed by atoms with van der Waals surface area (Å²) >= 11 is 0. The largest absolute Gasteiger partial charge is 0.293 e. The Bertz CT molecular complexity index is 799. The second kappa shape index (κ2) is 9.72. The molecular formula is C30H43N. The smallest absolute Gasteiger partial charge is 0.0585 e. The van der Waals surface area contributed by atoms with Crippen molar-refractivity contribution in [2.45, 2.75) is 85.5 Å². The van der Waals surface area contributed by atoms with Gasteiger partial charge in [-0.3, -0.25) is 4.99 Å². The van der Waals surface area contributed by atoms with Crippen LogP contribution in [0.5, 0.6) is 0 Å². The zero-order chi connectivity index (χ0) is 22.5. The van der Waals surface area contributed by atoms with Crippen molar-refractivity contribution in [1.82, 2.24) is 0 Å². The maximum absolute atomic E-state index is 5.23. The Balaban J connectivity index is 2.05. The van der Waals surface area contributed by atoms with E-state index in [1.54, 1.807) is 0 Å². The first-order valence-electron chi connectivity index (χ1n) is 12.3. The van der Waals surface area contributed by atoms with Crippen molar-refractivity contribution in [2.75, 3.05) is 6.54 Å². The van der Waals surface area contributed by atoms with Crippen LogP contribution in [0.3, 0.4) is 0 Å². The van der Waals surface area contributed by atoms with Gasteiger partial charge in [-0.25, -0.2) is 0 Å². The molecule has 31 heavy (non-hydrogen) atoms. The Morgan fingerprint density at radius 1 is 0.806 bits per heavy atom. The monoisotopic (exact) mass is 417 g/mol. The maximum Gasteiger partial charge on any atom is 0.0585 e. The van der Waals surface area contributed by atoms with Crippen molar-refractivity contribution < 1.29 is 0 Å². The Morgan fingerprint density at radius 2 is 1.35 bits per heavy atom. The lowest BCUT2D eigenvalue weighted by Crippen LogP contribution is -2.41. The third-order valence-electron chi connectivity index (χ3n) is 7.15. The summed E-state index contributed by atoms with van der Waals surface area (Å²) in [5.41, 5.74) is 4.69. The van der Waals surface area contributed by atoms with Crippen molar-refractivity contribution in [3.05, 3.63) is 71.8 Å². The second-order valence-electron chi connectivity index (χ2n) is 11.7. The zero-order valence-electron chi connectivity index (χ0n) is 20.7. The molecular weight excluding hydrogens is 374 g/mol. The number of hydrogen-bond donors (Lipinski definition) is 0. The molecule has 0 radical (unpaired) electrons. The van der Waals surface area contributed by atoms with Gasteiger partial charge in [-0.15, -0.1) is 0 Å². The summed E-state index contributed by atoms with van der Waals surface area (Å²) in [6, 6.07) is 22.4. The zero-order valence-corrected chi connectivity index (χ0v) is 20.7. The minimum atomic E-state index is -0.141. The summed E-state index contributed by atoms with van der Waals surface area (Å²) in [7, 11) is 0. The average Bonchev–Trinajstić information content (AvgIpc) is 3.22. The Kier molecular flexibility index (Phi) is 7.45. The molecule has 0 saturated heterocycles. The standard InChI is InChI=1S/C30H43N/c1-7-24-21-27(31-22-24)30(25-15-10-8-11-16-25,26-17-12-9-13-18-26)23-29(5,6)20-14-19-28(2,3)4/h8-13,15-18,24H,7,14,19-23H2,1-6H3. The van der Waals surface area contributed by atoms with Crippen LogP contribution in [-0.2, 0) is 5.41 Å². The summed E-state index contributed by atoms with van der Waals surface area (Å²) in [6.07, 6.45) is 7.24. The molecule has 2 aromatic carbocycles. The van der Waals surface area contributed by atoms with E-state index in [4.69, 9.17) is 4.99 Å². The van der Waals surface area contributed by atoms with E-state index in [2.05, 4.69) is 102 Å². The molecule has 0 bridgehead atoms. The van der Waals surface area contributed by atoms with Gasteiger partial charge in [-0.2, -0.15) is 0 Å². The van der Waals surface area contributed by atoms with Crippen LogP contribution < -0.4 is 0 Å². The summed E-state index contributed by atoms with van der Waals surface area (Å²) in [5.74, 6) is 0.686. The third kappa shape index (κ3) is 5.88. The van der Waals surface area contributed by atoms with E-state index in [-0.39, 0.29) is 10.8 Å². The van der Waals surface area contributed by atoms with Crippen molar-refractivity contribution in [1.29, 1.82) is 0 Å². The van der Waals surface area contributed by atoms with E-state index in [1.165, 1.54) is 42.5 Å². The minimum Gasteiger partial charge on any atom is -0.293 e. The molecule has 0 aliphatic carbocycles. The fourth-order valence-corrected chi connectivity index (χ4v) is 5.38. The number of benzene rings is 2. The van der Waals surface area contributed by atoms with Crippen LogP contribution in [0.4, 0.5) is 0 Å². The van der Waals surface area contributed by atoms with Gasteiger partial charge >= 0.3 is 0 Å². The molecule has 1 aliphatic rings. The topological polar surface area (TPSA) is 12.4 Å². The molecule has 1 atom stereocenters. The first-order chi connectivity index (χ1) is 14.7. The van der Waals surface area contributed by atoms with Gasteiger partial charge in [-0.1, -0.05) is 115 Å². The van der Waals surface area contributed by atoms with Crippen molar-refractivity contribution in [3.63, 3.8) is 0 Å². The molecule has 1 nitrogen and oxygen atoms in total.